The Kier molecular flexibility index (Phi) is 5.88. The first-order valence-electron chi connectivity index (χ1n) is 11.0. The molecule has 3 aromatic rings. The Morgan fingerprint density at radius 2 is 2.23 bits per heavy atom. The van der Waals surface area contributed by atoms with Crippen molar-refractivity contribution in [1.29, 1.82) is 0 Å². The molecule has 2 N–H and O–H groups in total. The number of rotatable bonds is 8. The van der Waals surface area contributed by atoms with Crippen molar-refractivity contribution in [3.63, 3.8) is 0 Å². The van der Waals surface area contributed by atoms with E-state index in [4.69, 9.17) is 4.98 Å². The number of thiophene rings is 1. The first-order valence-corrected chi connectivity index (χ1v) is 13.0. The number of carbonyl (C=O) groups excluding carboxylic acids is 1. The molecule has 1 atom stereocenters. The number of nitrogens with one attached hydrogen (secondary N) is 2. The SMILES string of the molecule is CC(C1CC1)n1nccc1NC(=O)CCSCc1nc2sc3c(c2c(=O)[nH]1)CCCC3. The second kappa shape index (κ2) is 8.78. The molecule has 164 valence electrons. The highest BCUT2D eigenvalue weighted by Gasteiger charge is 2.30. The molecule has 3 heterocycles. The highest BCUT2D eigenvalue weighted by molar-refractivity contribution is 7.98. The van der Waals surface area contributed by atoms with Crippen LogP contribution >= 0.6 is 23.1 Å². The number of hydrogen-bond donors (Lipinski definition) is 2. The van der Waals surface area contributed by atoms with E-state index in [1.807, 2.05) is 10.7 Å². The number of aromatic nitrogens is 4. The average molecular weight is 458 g/mol. The zero-order valence-corrected chi connectivity index (χ0v) is 19.3. The first-order chi connectivity index (χ1) is 15.1. The molecule has 2 aliphatic rings. The summed E-state index contributed by atoms with van der Waals surface area (Å²) in [7, 11) is 0. The van der Waals surface area contributed by atoms with Crippen LogP contribution in [0, 0.1) is 5.92 Å². The van der Waals surface area contributed by atoms with Crippen LogP contribution in [0.2, 0.25) is 0 Å². The average Bonchev–Trinajstić information content (AvgIpc) is 3.39. The molecule has 0 bridgehead atoms. The van der Waals surface area contributed by atoms with Gasteiger partial charge in [0.2, 0.25) is 5.91 Å². The van der Waals surface area contributed by atoms with Gasteiger partial charge in [-0.1, -0.05) is 0 Å². The van der Waals surface area contributed by atoms with Gasteiger partial charge < -0.3 is 10.3 Å². The van der Waals surface area contributed by atoms with Crippen molar-refractivity contribution >= 4 is 45.0 Å². The van der Waals surface area contributed by atoms with E-state index in [-0.39, 0.29) is 11.5 Å². The number of H-pyrrole nitrogens is 1. The highest BCUT2D eigenvalue weighted by atomic mass is 32.2. The predicted molar refractivity (Wildman–Crippen MR) is 126 cm³/mol. The maximum Gasteiger partial charge on any atom is 0.259 e. The number of nitrogens with zero attached hydrogens (tertiary/aromatic N) is 3. The van der Waals surface area contributed by atoms with Crippen LogP contribution in [0.15, 0.2) is 17.1 Å². The molecule has 0 spiro atoms. The molecule has 1 fully saturated rings. The summed E-state index contributed by atoms with van der Waals surface area (Å²) in [5, 5.41) is 8.17. The standard InChI is InChI=1S/C22H27N5O2S2/c1-13(14-6-7-14)27-18(8-10-23-27)26-19(28)9-11-30-12-17-24-21(29)20-15-4-2-3-5-16(15)31-22(20)25-17/h8,10,13-14H,2-7,9,11-12H2,1H3,(H,26,28)(H,24,25,29). The van der Waals surface area contributed by atoms with Crippen molar-refractivity contribution in [3.8, 4) is 0 Å². The van der Waals surface area contributed by atoms with Gasteiger partial charge in [-0.25, -0.2) is 9.67 Å². The van der Waals surface area contributed by atoms with E-state index < -0.39 is 0 Å². The fourth-order valence-corrected chi connectivity index (χ4v) is 6.42. The second-order valence-electron chi connectivity index (χ2n) is 8.49. The van der Waals surface area contributed by atoms with Crippen molar-refractivity contribution in [3.05, 3.63) is 38.9 Å². The lowest BCUT2D eigenvalue weighted by Crippen LogP contribution is -2.18. The minimum absolute atomic E-state index is 0.0138. The first kappa shape index (κ1) is 20.8. The maximum atomic E-state index is 12.6. The molecule has 1 unspecified atom stereocenters. The van der Waals surface area contributed by atoms with Gasteiger partial charge in [0.25, 0.3) is 5.56 Å². The Hall–Kier alpha value is -2.13. The van der Waals surface area contributed by atoms with E-state index in [0.29, 0.717) is 35.7 Å². The molecule has 2 aliphatic carbocycles. The molecule has 7 nitrogen and oxygen atoms in total. The van der Waals surface area contributed by atoms with Gasteiger partial charge in [-0.2, -0.15) is 16.9 Å². The Labute approximate surface area is 189 Å². The predicted octanol–water partition coefficient (Wildman–Crippen LogP) is 4.29. The smallest absolute Gasteiger partial charge is 0.259 e. The Bertz CT molecular complexity index is 1160. The molecule has 3 aromatic heterocycles. The molecule has 31 heavy (non-hydrogen) atoms. The largest absolute Gasteiger partial charge is 0.311 e. The van der Waals surface area contributed by atoms with E-state index in [9.17, 15) is 9.59 Å². The van der Waals surface area contributed by atoms with Gasteiger partial charge in [-0.05, 0) is 56.9 Å². The van der Waals surface area contributed by atoms with Gasteiger partial charge >= 0.3 is 0 Å². The lowest BCUT2D eigenvalue weighted by atomic mass is 9.97. The molecule has 1 amide bonds. The number of hydrogen-bond acceptors (Lipinski definition) is 6. The Balaban J connectivity index is 1.15. The van der Waals surface area contributed by atoms with Gasteiger partial charge in [-0.15, -0.1) is 11.3 Å². The number of amides is 1. The molecule has 9 heteroatoms. The summed E-state index contributed by atoms with van der Waals surface area (Å²) < 4.78 is 1.92. The van der Waals surface area contributed by atoms with Crippen molar-refractivity contribution < 1.29 is 4.79 Å². The normalized spacial score (nSPS) is 16.9. The topological polar surface area (TPSA) is 92.7 Å². The monoisotopic (exact) mass is 457 g/mol. The lowest BCUT2D eigenvalue weighted by molar-refractivity contribution is -0.115. The van der Waals surface area contributed by atoms with Crippen LogP contribution in [0.1, 0.15) is 61.3 Å². The van der Waals surface area contributed by atoms with Crippen molar-refractivity contribution in [2.45, 2.75) is 63.7 Å². The van der Waals surface area contributed by atoms with Gasteiger partial charge in [0.05, 0.1) is 23.4 Å². The van der Waals surface area contributed by atoms with Crippen LogP contribution in [0.25, 0.3) is 10.2 Å². The summed E-state index contributed by atoms with van der Waals surface area (Å²) in [4.78, 5) is 34.9. The van der Waals surface area contributed by atoms with E-state index in [1.165, 1.54) is 29.7 Å². The number of carbonyl (C=O) groups is 1. The molecule has 0 aliphatic heterocycles. The van der Waals surface area contributed by atoms with Crippen LogP contribution in [0.5, 0.6) is 0 Å². The number of thioether (sulfide) groups is 1. The molecule has 0 aromatic carbocycles. The number of anilines is 1. The Morgan fingerprint density at radius 1 is 1.39 bits per heavy atom. The van der Waals surface area contributed by atoms with Crippen LogP contribution in [-0.4, -0.2) is 31.4 Å². The van der Waals surface area contributed by atoms with E-state index in [2.05, 4.69) is 22.3 Å². The molecule has 5 rings (SSSR count). The molecule has 1 saturated carbocycles. The van der Waals surface area contributed by atoms with Crippen LogP contribution in [-0.2, 0) is 23.4 Å². The highest BCUT2D eigenvalue weighted by Crippen LogP contribution is 2.40. The van der Waals surface area contributed by atoms with Gasteiger partial charge in [0, 0.05) is 23.1 Å². The van der Waals surface area contributed by atoms with Crippen molar-refractivity contribution in [2.75, 3.05) is 11.1 Å². The zero-order chi connectivity index (χ0) is 21.4. The van der Waals surface area contributed by atoms with Crippen LogP contribution < -0.4 is 10.9 Å². The number of aromatic amines is 1. The molecular weight excluding hydrogens is 430 g/mol. The van der Waals surface area contributed by atoms with Crippen LogP contribution in [0.4, 0.5) is 5.82 Å². The van der Waals surface area contributed by atoms with E-state index in [1.54, 1.807) is 29.3 Å². The number of fused-ring (bicyclic) bond motifs is 3. The molecule has 0 radical (unpaired) electrons. The van der Waals surface area contributed by atoms with Gasteiger partial charge in [0.15, 0.2) is 0 Å². The summed E-state index contributed by atoms with van der Waals surface area (Å²) in [5.41, 5.74) is 1.20. The third-order valence-corrected chi connectivity index (χ3v) is 8.37. The molecule has 0 saturated heterocycles. The third kappa shape index (κ3) is 4.43. The summed E-state index contributed by atoms with van der Waals surface area (Å²) in [5.74, 6) is 3.39. The summed E-state index contributed by atoms with van der Waals surface area (Å²) >= 11 is 3.29. The molecular formula is C22H27N5O2S2. The fraction of sp³-hybridized carbons (Fsp3) is 0.545. The number of aryl methyl sites for hydroxylation is 2. The lowest BCUT2D eigenvalue weighted by Gasteiger charge is -2.15. The van der Waals surface area contributed by atoms with E-state index >= 15 is 0 Å². The van der Waals surface area contributed by atoms with Crippen LogP contribution in [0.3, 0.4) is 0 Å². The zero-order valence-electron chi connectivity index (χ0n) is 17.6. The minimum Gasteiger partial charge on any atom is -0.311 e. The second-order valence-corrected chi connectivity index (χ2v) is 10.7. The fourth-order valence-electron chi connectivity index (χ4n) is 4.33. The van der Waals surface area contributed by atoms with Crippen molar-refractivity contribution in [2.24, 2.45) is 5.92 Å². The quantitative estimate of drug-likeness (QED) is 0.492. The van der Waals surface area contributed by atoms with Gasteiger partial charge in [0.1, 0.15) is 16.5 Å². The summed E-state index contributed by atoms with van der Waals surface area (Å²) in [6, 6.07) is 2.18. The summed E-state index contributed by atoms with van der Waals surface area (Å²) in [6.45, 7) is 2.16. The van der Waals surface area contributed by atoms with Gasteiger partial charge in [-0.3, -0.25) is 9.59 Å². The summed E-state index contributed by atoms with van der Waals surface area (Å²) in [6.07, 6.45) is 9.02. The maximum absolute atomic E-state index is 12.6. The van der Waals surface area contributed by atoms with Crippen molar-refractivity contribution in [1.82, 2.24) is 19.7 Å². The Morgan fingerprint density at radius 3 is 3.06 bits per heavy atom. The third-order valence-electron chi connectivity index (χ3n) is 6.21. The van der Waals surface area contributed by atoms with E-state index in [0.717, 1.165) is 35.3 Å². The minimum atomic E-state index is -0.0178.